The maximum absolute atomic E-state index is 12.4. The highest BCUT2D eigenvalue weighted by Crippen LogP contribution is 2.11. The van der Waals surface area contributed by atoms with E-state index in [0.717, 1.165) is 0 Å². The third kappa shape index (κ3) is 1.18. The van der Waals surface area contributed by atoms with Gasteiger partial charge in [-0.3, -0.25) is 4.79 Å². The summed E-state index contributed by atoms with van der Waals surface area (Å²) in [6, 6.07) is 0. The summed E-state index contributed by atoms with van der Waals surface area (Å²) in [6.07, 6.45) is -1.21. The molecule has 4 heteroatoms. The topological polar surface area (TPSA) is 49.3 Å². The number of alkyl halides is 1. The number of halogens is 1. The first-order valence-corrected chi connectivity index (χ1v) is 2.79. The Kier molecular flexibility index (Phi) is 1.66. The van der Waals surface area contributed by atoms with Gasteiger partial charge in [-0.05, 0) is 0 Å². The van der Waals surface area contributed by atoms with Gasteiger partial charge >= 0.3 is 5.97 Å². The molecule has 1 heterocycles. The fourth-order valence-corrected chi connectivity index (χ4v) is 0.889. The molecule has 1 aliphatic heterocycles. The van der Waals surface area contributed by atoms with E-state index >= 15 is 0 Å². The van der Waals surface area contributed by atoms with Crippen LogP contribution in [-0.4, -0.2) is 30.3 Å². The van der Waals surface area contributed by atoms with Gasteiger partial charge in [-0.15, -0.1) is 0 Å². The molecular formula is C5H8FNO2. The quantitative estimate of drug-likeness (QED) is 0.513. The second-order valence-electron chi connectivity index (χ2n) is 2.12. The van der Waals surface area contributed by atoms with Crippen LogP contribution in [0, 0.1) is 5.92 Å². The zero-order valence-corrected chi connectivity index (χ0v) is 4.80. The third-order valence-corrected chi connectivity index (χ3v) is 1.46. The minimum absolute atomic E-state index is 0.178. The van der Waals surface area contributed by atoms with Gasteiger partial charge in [0.25, 0.3) is 0 Å². The Morgan fingerprint density at radius 2 is 2.33 bits per heavy atom. The summed E-state index contributed by atoms with van der Waals surface area (Å²) in [4.78, 5) is 10.1. The summed E-state index contributed by atoms with van der Waals surface area (Å²) in [7, 11) is 0. The van der Waals surface area contributed by atoms with E-state index in [9.17, 15) is 9.18 Å². The maximum Gasteiger partial charge on any atom is 0.310 e. The Morgan fingerprint density at radius 1 is 1.67 bits per heavy atom. The molecule has 0 bridgehead atoms. The van der Waals surface area contributed by atoms with E-state index in [4.69, 9.17) is 5.11 Å². The molecule has 9 heavy (non-hydrogen) atoms. The number of carboxylic acid groups (broad SMARTS) is 1. The molecule has 2 atom stereocenters. The second kappa shape index (κ2) is 2.31. The zero-order valence-electron chi connectivity index (χ0n) is 4.80. The number of carboxylic acids is 1. The van der Waals surface area contributed by atoms with Gasteiger partial charge in [-0.25, -0.2) is 4.39 Å². The Morgan fingerprint density at radius 3 is 2.56 bits per heavy atom. The highest BCUT2D eigenvalue weighted by Gasteiger charge is 2.32. The van der Waals surface area contributed by atoms with Crippen molar-refractivity contribution in [1.82, 2.24) is 5.32 Å². The average molecular weight is 133 g/mol. The van der Waals surface area contributed by atoms with Crippen LogP contribution in [0.5, 0.6) is 0 Å². The van der Waals surface area contributed by atoms with Gasteiger partial charge in [0, 0.05) is 13.1 Å². The minimum Gasteiger partial charge on any atom is -0.481 e. The Labute approximate surface area is 51.9 Å². The van der Waals surface area contributed by atoms with Crippen LogP contribution in [0.2, 0.25) is 0 Å². The van der Waals surface area contributed by atoms with Crippen LogP contribution < -0.4 is 5.32 Å². The number of carbonyl (C=O) groups is 1. The molecule has 0 aromatic rings. The van der Waals surface area contributed by atoms with Crippen molar-refractivity contribution in [2.75, 3.05) is 13.1 Å². The van der Waals surface area contributed by atoms with Crippen molar-refractivity contribution in [3.05, 3.63) is 0 Å². The monoisotopic (exact) mass is 133 g/mol. The lowest BCUT2D eigenvalue weighted by Gasteiger charge is -2.02. The first-order chi connectivity index (χ1) is 4.22. The van der Waals surface area contributed by atoms with E-state index in [1.54, 1.807) is 0 Å². The summed E-state index contributed by atoms with van der Waals surface area (Å²) in [6.45, 7) is 0.438. The lowest BCUT2D eigenvalue weighted by atomic mass is 10.1. The standard InChI is InChI=1S/C5H8FNO2/c6-4-2-7-1-3(4)5(8)9/h3-4,7H,1-2H2,(H,8,9)/t3-,4+/m0/s1. The van der Waals surface area contributed by atoms with Crippen molar-refractivity contribution >= 4 is 5.97 Å². The lowest BCUT2D eigenvalue weighted by Crippen LogP contribution is -2.22. The van der Waals surface area contributed by atoms with Crippen LogP contribution in [0.4, 0.5) is 4.39 Å². The van der Waals surface area contributed by atoms with Gasteiger partial charge in [0.05, 0.1) is 0 Å². The summed E-state index contributed by atoms with van der Waals surface area (Å²) >= 11 is 0. The number of hydrogen-bond acceptors (Lipinski definition) is 2. The van der Waals surface area contributed by atoms with Crippen LogP contribution in [0.3, 0.4) is 0 Å². The number of aliphatic carboxylic acids is 1. The van der Waals surface area contributed by atoms with E-state index in [-0.39, 0.29) is 13.1 Å². The van der Waals surface area contributed by atoms with E-state index in [0.29, 0.717) is 0 Å². The highest BCUT2D eigenvalue weighted by atomic mass is 19.1. The predicted molar refractivity (Wildman–Crippen MR) is 28.9 cm³/mol. The lowest BCUT2D eigenvalue weighted by molar-refractivity contribution is -0.142. The van der Waals surface area contributed by atoms with Crippen molar-refractivity contribution in [2.45, 2.75) is 6.17 Å². The van der Waals surface area contributed by atoms with Gasteiger partial charge in [0.1, 0.15) is 12.1 Å². The van der Waals surface area contributed by atoms with Gasteiger partial charge in [-0.1, -0.05) is 0 Å². The third-order valence-electron chi connectivity index (χ3n) is 1.46. The van der Waals surface area contributed by atoms with Gasteiger partial charge in [-0.2, -0.15) is 0 Å². The fourth-order valence-electron chi connectivity index (χ4n) is 0.889. The second-order valence-corrected chi connectivity index (χ2v) is 2.12. The van der Waals surface area contributed by atoms with Crippen LogP contribution in [0.25, 0.3) is 0 Å². The van der Waals surface area contributed by atoms with Crippen molar-refractivity contribution in [3.63, 3.8) is 0 Å². The first-order valence-electron chi connectivity index (χ1n) is 2.79. The Balaban J connectivity index is 2.49. The van der Waals surface area contributed by atoms with E-state index in [1.807, 2.05) is 0 Å². The SMILES string of the molecule is O=C(O)[C@H]1CNC[C@H]1F. The number of nitrogens with one attached hydrogen (secondary N) is 1. The Hall–Kier alpha value is -0.640. The maximum atomic E-state index is 12.4. The molecule has 52 valence electrons. The molecule has 0 spiro atoms. The van der Waals surface area contributed by atoms with Gasteiger partial charge in [0.15, 0.2) is 0 Å². The molecular weight excluding hydrogens is 125 g/mol. The predicted octanol–water partition coefficient (Wildman–Crippen LogP) is -0.372. The van der Waals surface area contributed by atoms with E-state index in [2.05, 4.69) is 5.32 Å². The molecule has 1 saturated heterocycles. The Bertz CT molecular complexity index is 128. The van der Waals surface area contributed by atoms with E-state index in [1.165, 1.54) is 0 Å². The molecule has 2 N–H and O–H groups in total. The molecule has 3 nitrogen and oxygen atoms in total. The van der Waals surface area contributed by atoms with Crippen LogP contribution in [0.1, 0.15) is 0 Å². The number of rotatable bonds is 1. The molecule has 1 aliphatic rings. The molecule has 0 aromatic carbocycles. The fraction of sp³-hybridized carbons (Fsp3) is 0.800. The van der Waals surface area contributed by atoms with Crippen LogP contribution in [0.15, 0.2) is 0 Å². The highest BCUT2D eigenvalue weighted by molar-refractivity contribution is 5.71. The first kappa shape index (κ1) is 6.48. The minimum atomic E-state index is -1.21. The van der Waals surface area contributed by atoms with Crippen molar-refractivity contribution in [1.29, 1.82) is 0 Å². The van der Waals surface area contributed by atoms with Gasteiger partial charge < -0.3 is 10.4 Å². The average Bonchev–Trinajstić information content (AvgIpc) is 2.13. The van der Waals surface area contributed by atoms with Gasteiger partial charge in [0.2, 0.25) is 0 Å². The van der Waals surface area contributed by atoms with Crippen LogP contribution >= 0.6 is 0 Å². The molecule has 0 amide bonds. The van der Waals surface area contributed by atoms with E-state index < -0.39 is 18.1 Å². The normalized spacial score (nSPS) is 34.8. The molecule has 0 aromatic heterocycles. The zero-order chi connectivity index (χ0) is 6.85. The van der Waals surface area contributed by atoms with Crippen molar-refractivity contribution < 1.29 is 14.3 Å². The summed E-state index contributed by atoms with van der Waals surface area (Å²) in [5.41, 5.74) is 0. The van der Waals surface area contributed by atoms with Crippen LogP contribution in [-0.2, 0) is 4.79 Å². The molecule has 1 rings (SSSR count). The molecule has 0 aliphatic carbocycles. The largest absolute Gasteiger partial charge is 0.481 e. The van der Waals surface area contributed by atoms with Crippen molar-refractivity contribution in [3.8, 4) is 0 Å². The molecule has 0 saturated carbocycles. The summed E-state index contributed by atoms with van der Waals surface area (Å²) < 4.78 is 12.4. The molecule has 1 fully saturated rings. The van der Waals surface area contributed by atoms with Crippen molar-refractivity contribution in [2.24, 2.45) is 5.92 Å². The number of hydrogen-bond donors (Lipinski definition) is 2. The smallest absolute Gasteiger partial charge is 0.310 e. The summed E-state index contributed by atoms with van der Waals surface area (Å²) in [5.74, 6) is -1.88. The summed E-state index contributed by atoms with van der Waals surface area (Å²) in [5, 5.41) is 11.0. The molecule has 0 radical (unpaired) electrons. The molecule has 0 unspecified atom stereocenters.